The predicted octanol–water partition coefficient (Wildman–Crippen LogP) is 3.18. The van der Waals surface area contributed by atoms with Gasteiger partial charge in [-0.05, 0) is 26.2 Å². The van der Waals surface area contributed by atoms with Gasteiger partial charge in [0, 0.05) is 17.1 Å². The highest BCUT2D eigenvalue weighted by atomic mass is 16.5. The molecule has 0 saturated heterocycles. The molecule has 0 aromatic rings. The van der Waals surface area contributed by atoms with E-state index in [-0.39, 0.29) is 16.8 Å². The van der Waals surface area contributed by atoms with E-state index in [1.807, 2.05) is 41.5 Å². The lowest BCUT2D eigenvalue weighted by Crippen LogP contribution is -2.11. The smallest absolute Gasteiger partial charge is 0.331 e. The minimum Gasteiger partial charge on any atom is -0.466 e. The molecule has 0 N–H and O–H groups in total. The average molecular weight is 222 g/mol. The van der Waals surface area contributed by atoms with E-state index in [9.17, 15) is 4.79 Å². The molecule has 0 aliphatic rings. The summed E-state index contributed by atoms with van der Waals surface area (Å²) in [5.41, 5.74) is 0.585. The van der Waals surface area contributed by atoms with Crippen molar-refractivity contribution in [1.29, 1.82) is 0 Å². The van der Waals surface area contributed by atoms with Crippen LogP contribution in [0.4, 0.5) is 0 Å². The fourth-order valence-corrected chi connectivity index (χ4v) is 0.872. The second kappa shape index (κ2) is 5.21. The Balaban J connectivity index is 5.20. The molecule has 0 bridgehead atoms. The van der Waals surface area contributed by atoms with Gasteiger partial charge in [0.25, 0.3) is 0 Å². The Bertz CT molecular complexity index is 338. The lowest BCUT2D eigenvalue weighted by atomic mass is 9.85. The average Bonchev–Trinajstić information content (AvgIpc) is 2.08. The van der Waals surface area contributed by atoms with Crippen molar-refractivity contribution in [2.24, 2.45) is 10.8 Å². The standard InChI is InChI=1S/C14H22O2/c1-13(2,3)9-8-11(14(4,5)6)10-12(15)16-7/h10H,1-7H3/b11-10-. The first kappa shape index (κ1) is 14.8. The van der Waals surface area contributed by atoms with Gasteiger partial charge in [-0.2, -0.15) is 0 Å². The van der Waals surface area contributed by atoms with E-state index in [0.717, 1.165) is 5.57 Å². The van der Waals surface area contributed by atoms with Crippen molar-refractivity contribution in [3.05, 3.63) is 11.6 Å². The molecule has 2 nitrogen and oxygen atoms in total. The van der Waals surface area contributed by atoms with Crippen LogP contribution in [0.25, 0.3) is 0 Å². The van der Waals surface area contributed by atoms with Crippen molar-refractivity contribution >= 4 is 5.97 Å². The zero-order valence-corrected chi connectivity index (χ0v) is 11.4. The maximum Gasteiger partial charge on any atom is 0.331 e. The SMILES string of the molecule is COC(=O)/C=C(/C#CC(C)(C)C)C(C)(C)C. The molecule has 0 fully saturated rings. The highest BCUT2D eigenvalue weighted by molar-refractivity contribution is 5.83. The molecule has 0 aromatic heterocycles. The van der Waals surface area contributed by atoms with E-state index in [0.29, 0.717) is 0 Å². The molecule has 0 saturated carbocycles. The Morgan fingerprint density at radius 1 is 1.12 bits per heavy atom. The van der Waals surface area contributed by atoms with Gasteiger partial charge in [0.1, 0.15) is 0 Å². The molecule has 0 amide bonds. The van der Waals surface area contributed by atoms with Crippen LogP contribution in [0.2, 0.25) is 0 Å². The van der Waals surface area contributed by atoms with E-state index >= 15 is 0 Å². The van der Waals surface area contributed by atoms with Gasteiger partial charge in [-0.3, -0.25) is 0 Å². The van der Waals surface area contributed by atoms with Crippen molar-refractivity contribution in [2.75, 3.05) is 7.11 Å². The third-order valence-corrected chi connectivity index (χ3v) is 1.84. The fourth-order valence-electron chi connectivity index (χ4n) is 0.872. The molecule has 0 radical (unpaired) electrons. The van der Waals surface area contributed by atoms with Crippen LogP contribution in [0.3, 0.4) is 0 Å². The molecule has 2 heteroatoms. The number of hydrogen-bond donors (Lipinski definition) is 0. The summed E-state index contributed by atoms with van der Waals surface area (Å²) in [5, 5.41) is 0. The van der Waals surface area contributed by atoms with Crippen LogP contribution in [-0.2, 0) is 9.53 Å². The second-order valence-electron chi connectivity index (χ2n) is 5.83. The van der Waals surface area contributed by atoms with Crippen LogP contribution in [-0.4, -0.2) is 13.1 Å². The lowest BCUT2D eigenvalue weighted by Gasteiger charge is -2.18. The largest absolute Gasteiger partial charge is 0.466 e. The van der Waals surface area contributed by atoms with Gasteiger partial charge in [0.15, 0.2) is 0 Å². The number of allylic oxidation sites excluding steroid dienone is 1. The van der Waals surface area contributed by atoms with Gasteiger partial charge in [0.05, 0.1) is 7.11 Å². The van der Waals surface area contributed by atoms with Gasteiger partial charge < -0.3 is 4.74 Å². The molecule has 90 valence electrons. The fraction of sp³-hybridized carbons (Fsp3) is 0.643. The van der Waals surface area contributed by atoms with Crippen LogP contribution < -0.4 is 0 Å². The van der Waals surface area contributed by atoms with Crippen LogP contribution in [0.1, 0.15) is 41.5 Å². The van der Waals surface area contributed by atoms with Gasteiger partial charge >= 0.3 is 5.97 Å². The molecule has 0 atom stereocenters. The number of rotatable bonds is 1. The van der Waals surface area contributed by atoms with Crippen molar-refractivity contribution in [2.45, 2.75) is 41.5 Å². The summed E-state index contributed by atoms with van der Waals surface area (Å²) >= 11 is 0. The number of methoxy groups -OCH3 is 1. The predicted molar refractivity (Wildman–Crippen MR) is 66.8 cm³/mol. The first-order valence-electron chi connectivity index (χ1n) is 5.39. The zero-order chi connectivity index (χ0) is 13.0. The molecular formula is C14H22O2. The van der Waals surface area contributed by atoms with Crippen molar-refractivity contribution in [3.8, 4) is 11.8 Å². The second-order valence-corrected chi connectivity index (χ2v) is 5.83. The molecule has 0 heterocycles. The number of carbonyl (C=O) groups is 1. The number of carbonyl (C=O) groups excluding carboxylic acids is 1. The van der Waals surface area contributed by atoms with Crippen LogP contribution >= 0.6 is 0 Å². The minimum atomic E-state index is -0.354. The number of esters is 1. The summed E-state index contributed by atoms with van der Waals surface area (Å²) in [5.74, 6) is 5.85. The Labute approximate surface area is 99.1 Å². The van der Waals surface area contributed by atoms with Gasteiger partial charge in [-0.25, -0.2) is 4.79 Å². The Kier molecular flexibility index (Phi) is 4.81. The summed E-state index contributed by atoms with van der Waals surface area (Å²) in [6.07, 6.45) is 1.47. The summed E-state index contributed by atoms with van der Waals surface area (Å²) in [4.78, 5) is 11.2. The van der Waals surface area contributed by atoms with E-state index in [4.69, 9.17) is 0 Å². The monoisotopic (exact) mass is 222 g/mol. The molecule has 0 aliphatic heterocycles. The number of hydrogen-bond acceptors (Lipinski definition) is 2. The summed E-state index contributed by atoms with van der Waals surface area (Å²) in [6, 6.07) is 0. The molecule has 0 spiro atoms. The van der Waals surface area contributed by atoms with Gasteiger partial charge in [-0.15, -0.1) is 0 Å². The third kappa shape index (κ3) is 6.29. The summed E-state index contributed by atoms with van der Waals surface area (Å²) in [7, 11) is 1.37. The highest BCUT2D eigenvalue weighted by Crippen LogP contribution is 2.25. The van der Waals surface area contributed by atoms with E-state index in [1.54, 1.807) is 0 Å². The Hall–Kier alpha value is -1.23. The maximum absolute atomic E-state index is 11.2. The van der Waals surface area contributed by atoms with Crippen molar-refractivity contribution in [3.63, 3.8) is 0 Å². The first-order valence-corrected chi connectivity index (χ1v) is 5.39. The quantitative estimate of drug-likeness (QED) is 0.387. The Morgan fingerprint density at radius 3 is 1.94 bits per heavy atom. The zero-order valence-electron chi connectivity index (χ0n) is 11.4. The topological polar surface area (TPSA) is 26.3 Å². The summed E-state index contributed by atoms with van der Waals surface area (Å²) in [6.45, 7) is 12.2. The minimum absolute atomic E-state index is 0.0690. The highest BCUT2D eigenvalue weighted by Gasteiger charge is 2.17. The van der Waals surface area contributed by atoms with Crippen molar-refractivity contribution in [1.82, 2.24) is 0 Å². The van der Waals surface area contributed by atoms with Crippen LogP contribution in [0.5, 0.6) is 0 Å². The summed E-state index contributed by atoms with van der Waals surface area (Å²) < 4.78 is 4.62. The Morgan fingerprint density at radius 2 is 1.62 bits per heavy atom. The molecule has 16 heavy (non-hydrogen) atoms. The molecular weight excluding hydrogens is 200 g/mol. The van der Waals surface area contributed by atoms with Crippen molar-refractivity contribution < 1.29 is 9.53 Å². The first-order chi connectivity index (χ1) is 7.06. The van der Waals surface area contributed by atoms with Gasteiger partial charge in [-0.1, -0.05) is 32.6 Å². The normalized spacial score (nSPS) is 12.8. The molecule has 0 unspecified atom stereocenters. The van der Waals surface area contributed by atoms with Crippen LogP contribution in [0.15, 0.2) is 11.6 Å². The molecule has 0 aromatic carbocycles. The van der Waals surface area contributed by atoms with Crippen LogP contribution in [0, 0.1) is 22.7 Å². The van der Waals surface area contributed by atoms with E-state index < -0.39 is 0 Å². The van der Waals surface area contributed by atoms with E-state index in [1.165, 1.54) is 13.2 Å². The number of ether oxygens (including phenoxy) is 1. The third-order valence-electron chi connectivity index (χ3n) is 1.84. The van der Waals surface area contributed by atoms with E-state index in [2.05, 4.69) is 16.6 Å². The maximum atomic E-state index is 11.2. The lowest BCUT2D eigenvalue weighted by molar-refractivity contribution is -0.134. The molecule has 0 aliphatic carbocycles. The molecule has 0 rings (SSSR count). The van der Waals surface area contributed by atoms with Gasteiger partial charge in [0.2, 0.25) is 0 Å².